The number of halogens is 1. The van der Waals surface area contributed by atoms with Crippen molar-refractivity contribution in [2.24, 2.45) is 0 Å². The van der Waals surface area contributed by atoms with Crippen molar-refractivity contribution >= 4 is 11.2 Å². The largest absolute Gasteiger partial charge is 0.343 e. The van der Waals surface area contributed by atoms with E-state index in [1.807, 2.05) is 18.3 Å². The molecule has 0 aliphatic heterocycles. The Morgan fingerprint density at radius 3 is 3.00 bits per heavy atom. The van der Waals surface area contributed by atoms with Crippen molar-refractivity contribution in [2.45, 2.75) is 6.42 Å². The van der Waals surface area contributed by atoms with Crippen LogP contribution in [-0.4, -0.2) is 24.7 Å². The van der Waals surface area contributed by atoms with Crippen LogP contribution in [-0.2, 0) is 6.42 Å². The highest BCUT2D eigenvalue weighted by atomic mass is 19.1. The van der Waals surface area contributed by atoms with Gasteiger partial charge < -0.3 is 4.98 Å². The van der Waals surface area contributed by atoms with E-state index in [9.17, 15) is 4.39 Å². The van der Waals surface area contributed by atoms with Crippen LogP contribution >= 0.6 is 0 Å². The van der Waals surface area contributed by atoms with Gasteiger partial charge in [-0.05, 0) is 18.2 Å². The van der Waals surface area contributed by atoms with Crippen LogP contribution in [0.5, 0.6) is 0 Å². The lowest BCUT2D eigenvalue weighted by Gasteiger charge is -2.04. The molecule has 7 heteroatoms. The fourth-order valence-corrected chi connectivity index (χ4v) is 2.60. The molecule has 4 aromatic rings. The van der Waals surface area contributed by atoms with Gasteiger partial charge in [-0.3, -0.25) is 0 Å². The monoisotopic (exact) mass is 318 g/mol. The summed E-state index contributed by atoms with van der Waals surface area (Å²) in [6.45, 7) is 0. The van der Waals surface area contributed by atoms with Crippen LogP contribution in [0.2, 0.25) is 0 Å². The predicted octanol–water partition coefficient (Wildman–Crippen LogP) is 3.02. The zero-order valence-corrected chi connectivity index (χ0v) is 12.4. The van der Waals surface area contributed by atoms with E-state index in [1.165, 1.54) is 6.07 Å². The highest BCUT2D eigenvalue weighted by Crippen LogP contribution is 2.26. The summed E-state index contributed by atoms with van der Waals surface area (Å²) in [5.74, 6) is -0.411. The number of benzene rings is 1. The molecule has 24 heavy (non-hydrogen) atoms. The molecule has 0 amide bonds. The second kappa shape index (κ2) is 5.59. The Kier molecular flexibility index (Phi) is 3.28. The minimum atomic E-state index is -0.411. The maximum absolute atomic E-state index is 14.0. The number of nitrogens with one attached hydrogen (secondary N) is 1. The van der Waals surface area contributed by atoms with E-state index >= 15 is 0 Å². The summed E-state index contributed by atoms with van der Waals surface area (Å²) in [6, 6.07) is 8.54. The summed E-state index contributed by atoms with van der Waals surface area (Å²) in [5.41, 5.74) is 4.22. The van der Waals surface area contributed by atoms with E-state index in [0.717, 1.165) is 16.6 Å². The molecule has 0 bridgehead atoms. The lowest BCUT2D eigenvalue weighted by Crippen LogP contribution is -1.97. The summed E-state index contributed by atoms with van der Waals surface area (Å²) in [4.78, 5) is 11.4. The van der Waals surface area contributed by atoms with Crippen LogP contribution in [0.4, 0.5) is 4.39 Å². The maximum atomic E-state index is 14.0. The molecule has 0 saturated heterocycles. The first-order valence-corrected chi connectivity index (χ1v) is 7.25. The van der Waals surface area contributed by atoms with Crippen molar-refractivity contribution in [1.29, 1.82) is 5.26 Å². The number of aromatic nitrogens is 5. The predicted molar refractivity (Wildman–Crippen MR) is 85.7 cm³/mol. The summed E-state index contributed by atoms with van der Waals surface area (Å²) >= 11 is 0. The number of aromatic amines is 1. The number of rotatable bonds is 3. The molecule has 4 rings (SSSR count). The number of pyridine rings is 1. The topological polar surface area (TPSA) is 83.2 Å². The second-order valence-corrected chi connectivity index (χ2v) is 5.24. The molecule has 3 heterocycles. The van der Waals surface area contributed by atoms with Gasteiger partial charge in [0.05, 0.1) is 36.2 Å². The third kappa shape index (κ3) is 2.30. The molecule has 0 spiro atoms. The van der Waals surface area contributed by atoms with Crippen molar-refractivity contribution < 1.29 is 4.39 Å². The first kappa shape index (κ1) is 14.1. The summed E-state index contributed by atoms with van der Waals surface area (Å²) in [7, 11) is 0. The SMILES string of the molecule is N#CCc1ccc(-n2cc(-c3ccnc4nc[nH]c34)cn2)cc1F. The molecule has 0 radical (unpaired) electrons. The highest BCUT2D eigenvalue weighted by molar-refractivity contribution is 5.88. The number of hydrogen-bond acceptors (Lipinski definition) is 4. The van der Waals surface area contributed by atoms with E-state index in [1.54, 1.807) is 35.5 Å². The van der Waals surface area contributed by atoms with Gasteiger partial charge in [-0.1, -0.05) is 6.07 Å². The molecule has 0 aliphatic rings. The molecule has 0 fully saturated rings. The highest BCUT2D eigenvalue weighted by Gasteiger charge is 2.10. The Morgan fingerprint density at radius 2 is 2.17 bits per heavy atom. The van der Waals surface area contributed by atoms with Gasteiger partial charge in [0, 0.05) is 29.1 Å². The minimum Gasteiger partial charge on any atom is -0.343 e. The fraction of sp³-hybridized carbons (Fsp3) is 0.0588. The normalized spacial score (nSPS) is 10.8. The summed E-state index contributed by atoms with van der Waals surface area (Å²) < 4.78 is 15.6. The molecule has 6 nitrogen and oxygen atoms in total. The van der Waals surface area contributed by atoms with E-state index in [4.69, 9.17) is 5.26 Å². The smallest absolute Gasteiger partial charge is 0.178 e. The summed E-state index contributed by atoms with van der Waals surface area (Å²) in [6.07, 6.45) is 6.84. The van der Waals surface area contributed by atoms with Crippen LogP contribution < -0.4 is 0 Å². The summed E-state index contributed by atoms with van der Waals surface area (Å²) in [5, 5.41) is 13.0. The molecule has 0 aliphatic carbocycles. The third-order valence-corrected chi connectivity index (χ3v) is 3.79. The molecule has 0 saturated carbocycles. The van der Waals surface area contributed by atoms with Crippen LogP contribution in [0.1, 0.15) is 5.56 Å². The zero-order chi connectivity index (χ0) is 16.5. The van der Waals surface area contributed by atoms with Crippen LogP contribution in [0.25, 0.3) is 28.0 Å². The number of fused-ring (bicyclic) bond motifs is 1. The second-order valence-electron chi connectivity index (χ2n) is 5.24. The quantitative estimate of drug-likeness (QED) is 0.629. The molecule has 0 unspecified atom stereocenters. The maximum Gasteiger partial charge on any atom is 0.178 e. The zero-order valence-electron chi connectivity index (χ0n) is 12.4. The van der Waals surface area contributed by atoms with E-state index < -0.39 is 5.82 Å². The first-order chi connectivity index (χ1) is 11.8. The Hall–Kier alpha value is -3.53. The average molecular weight is 318 g/mol. The van der Waals surface area contributed by atoms with Crippen molar-refractivity contribution in [2.75, 3.05) is 0 Å². The number of nitrogens with zero attached hydrogens (tertiary/aromatic N) is 5. The Bertz CT molecular complexity index is 1070. The van der Waals surface area contributed by atoms with Crippen LogP contribution in [0, 0.1) is 17.1 Å². The fourth-order valence-electron chi connectivity index (χ4n) is 2.60. The molecule has 1 aromatic carbocycles. The van der Waals surface area contributed by atoms with Gasteiger partial charge in [-0.25, -0.2) is 19.0 Å². The Balaban J connectivity index is 1.74. The van der Waals surface area contributed by atoms with Crippen LogP contribution in [0.3, 0.4) is 0 Å². The van der Waals surface area contributed by atoms with Gasteiger partial charge in [0.2, 0.25) is 0 Å². The molecular formula is C17H11FN6. The number of imidazole rings is 1. The third-order valence-electron chi connectivity index (χ3n) is 3.79. The van der Waals surface area contributed by atoms with Crippen molar-refractivity contribution in [1.82, 2.24) is 24.7 Å². The lowest BCUT2D eigenvalue weighted by molar-refractivity contribution is 0.613. The standard InChI is InChI=1S/C17H11FN6/c18-15-7-13(2-1-11(15)3-5-19)24-9-12(8-23-24)14-4-6-20-17-16(14)21-10-22-17/h1-2,4,6-10H,3H2,(H,20,21,22). The molecule has 1 N–H and O–H groups in total. The van der Waals surface area contributed by atoms with Crippen molar-refractivity contribution in [3.05, 3.63) is 60.6 Å². The minimum absolute atomic E-state index is 0.0469. The first-order valence-electron chi connectivity index (χ1n) is 7.25. The van der Waals surface area contributed by atoms with Gasteiger partial charge in [-0.2, -0.15) is 10.4 Å². The Labute approximate surface area is 136 Å². The number of H-pyrrole nitrogens is 1. The molecular weight excluding hydrogens is 307 g/mol. The van der Waals surface area contributed by atoms with Gasteiger partial charge >= 0.3 is 0 Å². The van der Waals surface area contributed by atoms with Gasteiger partial charge in [0.15, 0.2) is 5.65 Å². The van der Waals surface area contributed by atoms with Gasteiger partial charge in [0.1, 0.15) is 5.82 Å². The molecule has 3 aromatic heterocycles. The number of hydrogen-bond donors (Lipinski definition) is 1. The van der Waals surface area contributed by atoms with Gasteiger partial charge in [-0.15, -0.1) is 0 Å². The Morgan fingerprint density at radius 1 is 1.25 bits per heavy atom. The average Bonchev–Trinajstić information content (AvgIpc) is 3.25. The van der Waals surface area contributed by atoms with E-state index in [2.05, 4.69) is 20.1 Å². The number of nitriles is 1. The van der Waals surface area contributed by atoms with E-state index in [0.29, 0.717) is 16.9 Å². The van der Waals surface area contributed by atoms with Gasteiger partial charge in [0.25, 0.3) is 0 Å². The van der Waals surface area contributed by atoms with E-state index in [-0.39, 0.29) is 6.42 Å². The van der Waals surface area contributed by atoms with Crippen molar-refractivity contribution in [3.63, 3.8) is 0 Å². The molecule has 116 valence electrons. The van der Waals surface area contributed by atoms with Crippen LogP contribution in [0.15, 0.2) is 49.2 Å². The molecule has 0 atom stereocenters. The van der Waals surface area contributed by atoms with Crippen molar-refractivity contribution in [3.8, 4) is 22.9 Å². The lowest BCUT2D eigenvalue weighted by atomic mass is 10.1.